The van der Waals surface area contributed by atoms with Crippen molar-refractivity contribution in [3.05, 3.63) is 76.9 Å². The van der Waals surface area contributed by atoms with Gasteiger partial charge in [0.15, 0.2) is 5.78 Å². The molecule has 0 bridgehead atoms. The van der Waals surface area contributed by atoms with Crippen LogP contribution in [0.15, 0.2) is 60.2 Å². The van der Waals surface area contributed by atoms with E-state index in [4.69, 9.17) is 0 Å². The van der Waals surface area contributed by atoms with E-state index in [9.17, 15) is 9.59 Å². The summed E-state index contributed by atoms with van der Waals surface area (Å²) < 4.78 is 0. The number of hydrogen-bond acceptors (Lipinski definition) is 2. The van der Waals surface area contributed by atoms with Crippen LogP contribution in [0.2, 0.25) is 0 Å². The zero-order valence-corrected chi connectivity index (χ0v) is 14.2. The zero-order valence-electron chi connectivity index (χ0n) is 14.2. The third-order valence-electron chi connectivity index (χ3n) is 3.75. The van der Waals surface area contributed by atoms with Gasteiger partial charge in [-0.2, -0.15) is 0 Å². The minimum absolute atomic E-state index is 0.195. The summed E-state index contributed by atoms with van der Waals surface area (Å²) in [5.74, 6) is -0.533. The Kier molecular flexibility index (Phi) is 6.50. The molecule has 0 heterocycles. The molecule has 0 fully saturated rings. The van der Waals surface area contributed by atoms with E-state index in [0.29, 0.717) is 6.54 Å². The van der Waals surface area contributed by atoms with Gasteiger partial charge in [-0.1, -0.05) is 60.2 Å². The van der Waals surface area contributed by atoms with Crippen LogP contribution >= 0.6 is 0 Å². The first-order valence-corrected chi connectivity index (χ1v) is 8.17. The Labute approximate surface area is 143 Å². The van der Waals surface area contributed by atoms with E-state index in [0.717, 1.165) is 24.0 Å². The van der Waals surface area contributed by atoms with Gasteiger partial charge in [-0.25, -0.2) is 0 Å². The number of nitrogens with one attached hydrogen (secondary N) is 1. The minimum atomic E-state index is -0.308. The van der Waals surface area contributed by atoms with Gasteiger partial charge in [-0.05, 0) is 43.9 Å². The van der Waals surface area contributed by atoms with E-state index in [1.54, 1.807) is 6.08 Å². The van der Waals surface area contributed by atoms with Crippen molar-refractivity contribution in [2.75, 3.05) is 6.54 Å². The van der Waals surface area contributed by atoms with Crippen LogP contribution in [0.3, 0.4) is 0 Å². The highest BCUT2D eigenvalue weighted by Gasteiger charge is 2.13. The minimum Gasteiger partial charge on any atom is -0.352 e. The lowest BCUT2D eigenvalue weighted by Gasteiger charge is -2.07. The van der Waals surface area contributed by atoms with Gasteiger partial charge in [0.25, 0.3) is 5.91 Å². The molecule has 0 atom stereocenters. The topological polar surface area (TPSA) is 46.2 Å². The maximum absolute atomic E-state index is 12.3. The van der Waals surface area contributed by atoms with Gasteiger partial charge in [0, 0.05) is 6.54 Å². The molecular formula is C21H23NO2. The van der Waals surface area contributed by atoms with Crippen molar-refractivity contribution < 1.29 is 9.59 Å². The smallest absolute Gasteiger partial charge is 0.254 e. The molecule has 0 radical (unpaired) electrons. The maximum Gasteiger partial charge on any atom is 0.254 e. The Bertz CT molecular complexity index is 733. The normalized spacial score (nSPS) is 11.2. The zero-order chi connectivity index (χ0) is 17.4. The fourth-order valence-corrected chi connectivity index (χ4v) is 2.49. The monoisotopic (exact) mass is 321 g/mol. The summed E-state index contributed by atoms with van der Waals surface area (Å²) in [5, 5.41) is 2.84. The van der Waals surface area contributed by atoms with Crippen molar-refractivity contribution in [3.63, 3.8) is 0 Å². The Morgan fingerprint density at radius 2 is 1.79 bits per heavy atom. The number of aryl methyl sites for hydroxylation is 2. The van der Waals surface area contributed by atoms with Crippen molar-refractivity contribution in [3.8, 4) is 0 Å². The highest BCUT2D eigenvalue weighted by molar-refractivity contribution is 6.21. The molecule has 2 aromatic rings. The quantitative estimate of drug-likeness (QED) is 0.366. The van der Waals surface area contributed by atoms with Crippen LogP contribution in [0, 0.1) is 6.92 Å². The Hall–Kier alpha value is -2.68. The summed E-state index contributed by atoms with van der Waals surface area (Å²) in [5.41, 5.74) is 3.39. The SMILES string of the molecule is CC(=O)C(=Cc1cccc(C)c1)C(=O)NCCCc1ccccc1. The number of rotatable bonds is 7. The third kappa shape index (κ3) is 5.51. The highest BCUT2D eigenvalue weighted by atomic mass is 16.2. The van der Waals surface area contributed by atoms with Crippen molar-refractivity contribution in [1.29, 1.82) is 0 Å². The van der Waals surface area contributed by atoms with E-state index in [1.165, 1.54) is 12.5 Å². The number of hydrogen-bond donors (Lipinski definition) is 1. The lowest BCUT2D eigenvalue weighted by Crippen LogP contribution is -2.28. The Morgan fingerprint density at radius 3 is 2.46 bits per heavy atom. The number of carbonyl (C=O) groups excluding carboxylic acids is 2. The lowest BCUT2D eigenvalue weighted by atomic mass is 10.1. The molecule has 0 aromatic heterocycles. The largest absolute Gasteiger partial charge is 0.352 e. The molecule has 0 aliphatic rings. The standard InChI is InChI=1S/C21H23NO2/c1-16-8-6-11-19(14-16)15-20(17(2)23)21(24)22-13-7-12-18-9-4-3-5-10-18/h3-6,8-11,14-15H,7,12-13H2,1-2H3,(H,22,24). The molecule has 0 aliphatic heterocycles. The van der Waals surface area contributed by atoms with Crippen LogP contribution < -0.4 is 5.32 Å². The molecular weight excluding hydrogens is 298 g/mol. The van der Waals surface area contributed by atoms with Gasteiger partial charge in [0.05, 0.1) is 5.57 Å². The molecule has 3 nitrogen and oxygen atoms in total. The molecule has 3 heteroatoms. The molecule has 24 heavy (non-hydrogen) atoms. The second-order valence-corrected chi connectivity index (χ2v) is 5.87. The summed E-state index contributed by atoms with van der Waals surface area (Å²) in [6.07, 6.45) is 3.39. The average molecular weight is 321 g/mol. The average Bonchev–Trinajstić information content (AvgIpc) is 2.57. The summed E-state index contributed by atoms with van der Waals surface area (Å²) >= 11 is 0. The maximum atomic E-state index is 12.3. The molecule has 1 amide bonds. The molecule has 0 saturated heterocycles. The summed E-state index contributed by atoms with van der Waals surface area (Å²) in [4.78, 5) is 24.1. The number of carbonyl (C=O) groups is 2. The van der Waals surface area contributed by atoms with E-state index in [-0.39, 0.29) is 17.3 Å². The fraction of sp³-hybridized carbons (Fsp3) is 0.238. The summed E-state index contributed by atoms with van der Waals surface area (Å²) in [7, 11) is 0. The highest BCUT2D eigenvalue weighted by Crippen LogP contribution is 2.10. The van der Waals surface area contributed by atoms with E-state index < -0.39 is 0 Å². The first kappa shape index (κ1) is 17.7. The molecule has 0 unspecified atom stereocenters. The molecule has 0 saturated carbocycles. The van der Waals surface area contributed by atoms with Crippen LogP contribution in [-0.4, -0.2) is 18.2 Å². The Morgan fingerprint density at radius 1 is 1.04 bits per heavy atom. The number of benzene rings is 2. The van der Waals surface area contributed by atoms with Crippen molar-refractivity contribution >= 4 is 17.8 Å². The number of Topliss-reactive ketones (excluding diaryl/α,β-unsaturated/α-hetero) is 1. The van der Waals surface area contributed by atoms with Gasteiger partial charge < -0.3 is 5.32 Å². The van der Waals surface area contributed by atoms with E-state index >= 15 is 0 Å². The first-order chi connectivity index (χ1) is 11.6. The van der Waals surface area contributed by atoms with Gasteiger partial charge >= 0.3 is 0 Å². The summed E-state index contributed by atoms with van der Waals surface area (Å²) in [6.45, 7) is 3.95. The number of ketones is 1. The summed E-state index contributed by atoms with van der Waals surface area (Å²) in [6, 6.07) is 17.9. The second-order valence-electron chi connectivity index (χ2n) is 5.87. The van der Waals surface area contributed by atoms with Gasteiger partial charge in [0.2, 0.25) is 0 Å². The van der Waals surface area contributed by atoms with Gasteiger partial charge in [-0.15, -0.1) is 0 Å². The Balaban J connectivity index is 1.93. The van der Waals surface area contributed by atoms with Crippen molar-refractivity contribution in [1.82, 2.24) is 5.32 Å². The van der Waals surface area contributed by atoms with Crippen molar-refractivity contribution in [2.24, 2.45) is 0 Å². The van der Waals surface area contributed by atoms with Crippen LogP contribution in [-0.2, 0) is 16.0 Å². The molecule has 0 spiro atoms. The second kappa shape index (κ2) is 8.82. The van der Waals surface area contributed by atoms with Crippen LogP contribution in [0.1, 0.15) is 30.0 Å². The predicted molar refractivity (Wildman–Crippen MR) is 97.6 cm³/mol. The van der Waals surface area contributed by atoms with Crippen LogP contribution in [0.5, 0.6) is 0 Å². The number of amides is 1. The first-order valence-electron chi connectivity index (χ1n) is 8.17. The molecule has 2 aromatic carbocycles. The van der Waals surface area contributed by atoms with E-state index in [1.807, 2.05) is 49.4 Å². The van der Waals surface area contributed by atoms with Gasteiger partial charge in [-0.3, -0.25) is 9.59 Å². The molecule has 1 N–H and O–H groups in total. The molecule has 2 rings (SSSR count). The molecule has 124 valence electrons. The van der Waals surface area contributed by atoms with Crippen LogP contribution in [0.25, 0.3) is 6.08 Å². The lowest BCUT2D eigenvalue weighted by molar-refractivity contribution is -0.121. The van der Waals surface area contributed by atoms with Gasteiger partial charge in [0.1, 0.15) is 0 Å². The predicted octanol–water partition coefficient (Wildman–Crippen LogP) is 3.72. The van der Waals surface area contributed by atoms with Crippen molar-refractivity contribution in [2.45, 2.75) is 26.7 Å². The van der Waals surface area contributed by atoms with Crippen LogP contribution in [0.4, 0.5) is 0 Å². The fourth-order valence-electron chi connectivity index (χ4n) is 2.49. The third-order valence-corrected chi connectivity index (χ3v) is 3.75. The molecule has 0 aliphatic carbocycles. The van der Waals surface area contributed by atoms with E-state index in [2.05, 4.69) is 17.4 Å².